The van der Waals surface area contributed by atoms with Gasteiger partial charge in [-0.15, -0.1) is 0 Å². The fourth-order valence-electron chi connectivity index (χ4n) is 4.00. The monoisotopic (exact) mass is 489 g/mol. The number of benzene rings is 1. The summed E-state index contributed by atoms with van der Waals surface area (Å²) in [5.74, 6) is 1.62. The predicted octanol–water partition coefficient (Wildman–Crippen LogP) is 5.26. The molecule has 6 nitrogen and oxygen atoms in total. The number of nitrogens with one attached hydrogen (secondary N) is 1. The van der Waals surface area contributed by atoms with E-state index in [2.05, 4.69) is 45.9 Å². The van der Waals surface area contributed by atoms with E-state index in [4.69, 9.17) is 11.6 Å². The summed E-state index contributed by atoms with van der Waals surface area (Å²) in [7, 11) is 0. The second-order valence-electron chi connectivity index (χ2n) is 8.55. The summed E-state index contributed by atoms with van der Waals surface area (Å²) >= 11 is 7.79. The normalized spacial score (nSPS) is 14.6. The number of aromatic nitrogens is 2. The van der Waals surface area contributed by atoms with Crippen LogP contribution in [0.1, 0.15) is 62.4 Å². The van der Waals surface area contributed by atoms with Gasteiger partial charge in [-0.1, -0.05) is 49.3 Å². The van der Waals surface area contributed by atoms with E-state index in [1.54, 1.807) is 11.8 Å². The van der Waals surface area contributed by atoms with Gasteiger partial charge >= 0.3 is 0 Å². The average Bonchev–Trinajstić information content (AvgIpc) is 3.36. The number of thioether (sulfide) groups is 1. The third-order valence-electron chi connectivity index (χ3n) is 6.06. The summed E-state index contributed by atoms with van der Waals surface area (Å²) in [6, 6.07) is 9.78. The van der Waals surface area contributed by atoms with Crippen LogP contribution in [0.5, 0.6) is 0 Å². The number of rotatable bonds is 12. The molecule has 0 bridgehead atoms. The molecule has 1 fully saturated rings. The van der Waals surface area contributed by atoms with Gasteiger partial charge in [-0.05, 0) is 69.9 Å². The van der Waals surface area contributed by atoms with Crippen molar-refractivity contribution in [3.63, 3.8) is 0 Å². The molecule has 0 saturated carbocycles. The smallest absolute Gasteiger partial charge is 0.251 e. The number of anilines is 1. The number of halogens is 1. The molecule has 1 aliphatic rings. The van der Waals surface area contributed by atoms with Crippen LogP contribution in [0.15, 0.2) is 35.5 Å². The fourth-order valence-corrected chi connectivity index (χ4v) is 5.04. The lowest BCUT2D eigenvalue weighted by molar-refractivity contribution is 0.0937. The molecule has 1 aromatic heterocycles. The van der Waals surface area contributed by atoms with Crippen LogP contribution in [-0.4, -0.2) is 59.5 Å². The zero-order valence-corrected chi connectivity index (χ0v) is 21.6. The first kappa shape index (κ1) is 25.8. The van der Waals surface area contributed by atoms with Crippen LogP contribution >= 0.6 is 23.4 Å². The van der Waals surface area contributed by atoms with Gasteiger partial charge in [-0.2, -0.15) is 0 Å². The van der Waals surface area contributed by atoms with Gasteiger partial charge in [0.25, 0.3) is 5.91 Å². The van der Waals surface area contributed by atoms with E-state index in [0.29, 0.717) is 15.9 Å². The van der Waals surface area contributed by atoms with Gasteiger partial charge in [0.15, 0.2) is 5.16 Å². The van der Waals surface area contributed by atoms with Gasteiger partial charge in [0.1, 0.15) is 11.0 Å². The Kier molecular flexibility index (Phi) is 10.3. The second kappa shape index (κ2) is 13.2. The number of hydrogen-bond donors (Lipinski definition) is 1. The molecule has 1 unspecified atom stereocenters. The van der Waals surface area contributed by atoms with Crippen LogP contribution < -0.4 is 10.2 Å². The van der Waals surface area contributed by atoms with Gasteiger partial charge in [0, 0.05) is 36.5 Å². The Balaban J connectivity index is 1.47. The van der Waals surface area contributed by atoms with Gasteiger partial charge in [-0.25, -0.2) is 9.97 Å². The van der Waals surface area contributed by atoms with Crippen LogP contribution in [0.4, 0.5) is 5.82 Å². The number of carbonyl (C=O) groups is 1. The summed E-state index contributed by atoms with van der Waals surface area (Å²) in [4.78, 5) is 26.3. The van der Waals surface area contributed by atoms with E-state index in [-0.39, 0.29) is 11.9 Å². The van der Waals surface area contributed by atoms with Crippen molar-refractivity contribution in [2.24, 2.45) is 0 Å². The number of carbonyl (C=O) groups excluding carboxylic acids is 1. The largest absolute Gasteiger partial charge is 0.356 e. The minimum atomic E-state index is -0.0158. The molecule has 1 aromatic carbocycles. The van der Waals surface area contributed by atoms with E-state index in [1.165, 1.54) is 12.8 Å². The molecule has 1 N–H and O–H groups in total. The van der Waals surface area contributed by atoms with Crippen molar-refractivity contribution in [1.82, 2.24) is 20.2 Å². The van der Waals surface area contributed by atoms with Crippen molar-refractivity contribution < 1.29 is 4.79 Å². The zero-order valence-electron chi connectivity index (χ0n) is 20.0. The van der Waals surface area contributed by atoms with Crippen molar-refractivity contribution in [2.75, 3.05) is 37.6 Å². The van der Waals surface area contributed by atoms with E-state index >= 15 is 0 Å². The molecule has 0 radical (unpaired) electrons. The first-order valence-electron chi connectivity index (χ1n) is 12.0. The molecule has 33 heavy (non-hydrogen) atoms. The zero-order chi connectivity index (χ0) is 23.6. The Morgan fingerprint density at radius 1 is 1.18 bits per heavy atom. The molecule has 1 atom stereocenters. The summed E-state index contributed by atoms with van der Waals surface area (Å²) in [5, 5.41) is 4.28. The first-order valence-corrected chi connectivity index (χ1v) is 13.4. The Hall–Kier alpha value is -1.83. The molecule has 8 heteroatoms. The first-order chi connectivity index (χ1) is 16.0. The molecule has 0 aliphatic carbocycles. The quantitative estimate of drug-likeness (QED) is 0.249. The molecule has 1 amide bonds. The van der Waals surface area contributed by atoms with Gasteiger partial charge in [-0.3, -0.25) is 4.79 Å². The predicted molar refractivity (Wildman–Crippen MR) is 138 cm³/mol. The summed E-state index contributed by atoms with van der Waals surface area (Å²) in [6.07, 6.45) is 4.46. The molecule has 1 saturated heterocycles. The molecule has 2 heterocycles. The van der Waals surface area contributed by atoms with E-state index in [1.807, 2.05) is 30.3 Å². The molecule has 2 aromatic rings. The van der Waals surface area contributed by atoms with Crippen molar-refractivity contribution in [3.05, 3.63) is 46.6 Å². The standard InChI is InChI=1S/C25H36ClN5OS/c1-4-30(5-2)14-8-9-19(3)27-24(32)21-12-10-20(11-13-21)18-33-25-28-22(26)17-23(29-25)31-15-6-7-16-31/h10-13,17,19H,4-9,14-16,18H2,1-3H3,(H,27,32). The average molecular weight is 490 g/mol. The lowest BCUT2D eigenvalue weighted by Gasteiger charge is -2.19. The van der Waals surface area contributed by atoms with Crippen molar-refractivity contribution in [1.29, 1.82) is 0 Å². The van der Waals surface area contributed by atoms with Gasteiger partial charge in [0.2, 0.25) is 0 Å². The highest BCUT2D eigenvalue weighted by Gasteiger charge is 2.16. The molecular formula is C25H36ClN5OS. The van der Waals surface area contributed by atoms with Crippen LogP contribution in [0.3, 0.4) is 0 Å². The molecule has 0 spiro atoms. The van der Waals surface area contributed by atoms with E-state index in [9.17, 15) is 4.79 Å². The number of amides is 1. The summed E-state index contributed by atoms with van der Waals surface area (Å²) in [5.41, 5.74) is 1.81. The maximum atomic E-state index is 12.6. The molecular weight excluding hydrogens is 454 g/mol. The molecule has 3 rings (SSSR count). The lowest BCUT2D eigenvalue weighted by Crippen LogP contribution is -2.33. The summed E-state index contributed by atoms with van der Waals surface area (Å²) in [6.45, 7) is 11.7. The number of hydrogen-bond acceptors (Lipinski definition) is 6. The number of nitrogens with zero attached hydrogens (tertiary/aromatic N) is 4. The lowest BCUT2D eigenvalue weighted by atomic mass is 10.1. The van der Waals surface area contributed by atoms with Crippen molar-refractivity contribution >= 4 is 35.1 Å². The summed E-state index contributed by atoms with van der Waals surface area (Å²) < 4.78 is 0. The van der Waals surface area contributed by atoms with Gasteiger partial charge in [0.05, 0.1) is 0 Å². The Bertz CT molecular complexity index is 885. The topological polar surface area (TPSA) is 61.4 Å². The van der Waals surface area contributed by atoms with Crippen LogP contribution in [0, 0.1) is 0 Å². The van der Waals surface area contributed by atoms with Crippen LogP contribution in [0.2, 0.25) is 5.15 Å². The highest BCUT2D eigenvalue weighted by Crippen LogP contribution is 2.26. The molecule has 1 aliphatic heterocycles. The van der Waals surface area contributed by atoms with E-state index < -0.39 is 0 Å². The van der Waals surface area contributed by atoms with Crippen molar-refractivity contribution in [2.45, 2.75) is 63.4 Å². The third kappa shape index (κ3) is 8.16. The van der Waals surface area contributed by atoms with Crippen LogP contribution in [-0.2, 0) is 5.75 Å². The van der Waals surface area contributed by atoms with Crippen molar-refractivity contribution in [3.8, 4) is 0 Å². The highest BCUT2D eigenvalue weighted by molar-refractivity contribution is 7.98. The highest BCUT2D eigenvalue weighted by atomic mass is 35.5. The second-order valence-corrected chi connectivity index (χ2v) is 9.88. The maximum Gasteiger partial charge on any atom is 0.251 e. The minimum absolute atomic E-state index is 0.0158. The molecule has 180 valence electrons. The Morgan fingerprint density at radius 3 is 2.55 bits per heavy atom. The third-order valence-corrected chi connectivity index (χ3v) is 7.17. The maximum absolute atomic E-state index is 12.6. The SMILES string of the molecule is CCN(CC)CCCC(C)NC(=O)c1ccc(CSc2nc(Cl)cc(N3CCCC3)n2)cc1. The minimum Gasteiger partial charge on any atom is -0.356 e. The van der Waals surface area contributed by atoms with Crippen LogP contribution in [0.25, 0.3) is 0 Å². The van der Waals surface area contributed by atoms with E-state index in [0.717, 1.165) is 62.7 Å². The fraction of sp³-hybridized carbons (Fsp3) is 0.560. The Morgan fingerprint density at radius 2 is 1.88 bits per heavy atom. The Labute approximate surface area is 207 Å². The van der Waals surface area contributed by atoms with Gasteiger partial charge < -0.3 is 15.1 Å².